The summed E-state index contributed by atoms with van der Waals surface area (Å²) in [6.07, 6.45) is 3.49. The van der Waals surface area contributed by atoms with Crippen LogP contribution in [0.5, 0.6) is 0 Å². The number of aromatic nitrogens is 2. The number of nitrogen functional groups attached to an aromatic ring is 1. The zero-order valence-electron chi connectivity index (χ0n) is 12.4. The van der Waals surface area contributed by atoms with Gasteiger partial charge in [0.1, 0.15) is 17.5 Å². The van der Waals surface area contributed by atoms with E-state index in [0.29, 0.717) is 12.0 Å². The molecule has 0 amide bonds. The summed E-state index contributed by atoms with van der Waals surface area (Å²) in [7, 11) is 0. The molecule has 1 saturated carbocycles. The first kappa shape index (κ1) is 14.1. The number of hydrazine groups is 1. The van der Waals surface area contributed by atoms with Crippen molar-refractivity contribution < 1.29 is 0 Å². The van der Waals surface area contributed by atoms with Crippen molar-refractivity contribution >= 4 is 11.6 Å². The van der Waals surface area contributed by atoms with E-state index in [0.717, 1.165) is 36.0 Å². The quantitative estimate of drug-likeness (QED) is 0.610. The topological polar surface area (TPSA) is 67.1 Å². The highest BCUT2D eigenvalue weighted by molar-refractivity contribution is 5.59. The van der Waals surface area contributed by atoms with E-state index in [-0.39, 0.29) is 0 Å². The minimum absolute atomic E-state index is 0.469. The molecule has 1 aromatic rings. The number of anilines is 2. The number of nitrogens with zero attached hydrogens (tertiary/aromatic N) is 3. The molecule has 1 aliphatic carbocycles. The fourth-order valence-corrected chi connectivity index (χ4v) is 2.36. The molecule has 0 radical (unpaired) electrons. The molecule has 2 rings (SSSR count). The molecule has 1 atom stereocenters. The van der Waals surface area contributed by atoms with E-state index in [1.807, 2.05) is 6.92 Å². The average molecular weight is 263 g/mol. The smallest absolute Gasteiger partial charge is 0.148 e. The van der Waals surface area contributed by atoms with Gasteiger partial charge < -0.3 is 10.3 Å². The molecule has 3 N–H and O–H groups in total. The van der Waals surface area contributed by atoms with Gasteiger partial charge >= 0.3 is 0 Å². The summed E-state index contributed by atoms with van der Waals surface area (Å²) in [5.74, 6) is 8.86. The molecule has 106 valence electrons. The van der Waals surface area contributed by atoms with Gasteiger partial charge in [0.05, 0.1) is 0 Å². The van der Waals surface area contributed by atoms with Crippen LogP contribution in [0.2, 0.25) is 0 Å². The van der Waals surface area contributed by atoms with Crippen molar-refractivity contribution in [3.8, 4) is 0 Å². The molecule has 1 unspecified atom stereocenters. The summed E-state index contributed by atoms with van der Waals surface area (Å²) in [6, 6.07) is 0.469. The molecule has 1 heterocycles. The third kappa shape index (κ3) is 2.81. The molecule has 5 heteroatoms. The molecule has 1 aliphatic rings. The SMILES string of the molecule is CCC(C)N(CC)c1nc(C2CC2)nc(NN)c1C. The summed E-state index contributed by atoms with van der Waals surface area (Å²) in [4.78, 5) is 11.7. The van der Waals surface area contributed by atoms with E-state index < -0.39 is 0 Å². The first-order valence-corrected chi connectivity index (χ1v) is 7.24. The van der Waals surface area contributed by atoms with E-state index in [4.69, 9.17) is 10.8 Å². The van der Waals surface area contributed by atoms with Gasteiger partial charge in [0.15, 0.2) is 0 Å². The zero-order valence-corrected chi connectivity index (χ0v) is 12.4. The fraction of sp³-hybridized carbons (Fsp3) is 0.714. The predicted octanol–water partition coefficient (Wildman–Crippen LogP) is 2.57. The second-order valence-electron chi connectivity index (χ2n) is 5.34. The lowest BCUT2D eigenvalue weighted by Gasteiger charge is -2.30. The lowest BCUT2D eigenvalue weighted by molar-refractivity contribution is 0.618. The molecule has 1 aromatic heterocycles. The monoisotopic (exact) mass is 263 g/mol. The minimum Gasteiger partial charge on any atom is -0.354 e. The Balaban J connectivity index is 2.43. The second-order valence-corrected chi connectivity index (χ2v) is 5.34. The number of nitrogens with two attached hydrogens (primary N) is 1. The van der Waals surface area contributed by atoms with Crippen LogP contribution in [0.25, 0.3) is 0 Å². The predicted molar refractivity (Wildman–Crippen MR) is 79.3 cm³/mol. The number of hydrogen-bond donors (Lipinski definition) is 2. The Hall–Kier alpha value is -1.36. The highest BCUT2D eigenvalue weighted by atomic mass is 15.3. The molecular formula is C14H25N5. The van der Waals surface area contributed by atoms with Crippen LogP contribution in [-0.4, -0.2) is 22.6 Å². The van der Waals surface area contributed by atoms with E-state index >= 15 is 0 Å². The fourth-order valence-electron chi connectivity index (χ4n) is 2.36. The molecule has 19 heavy (non-hydrogen) atoms. The molecular weight excluding hydrogens is 238 g/mol. The van der Waals surface area contributed by atoms with Crippen LogP contribution in [0.3, 0.4) is 0 Å². The first-order chi connectivity index (χ1) is 9.12. The van der Waals surface area contributed by atoms with Gasteiger partial charge in [0, 0.05) is 24.1 Å². The number of rotatable bonds is 6. The normalized spacial score (nSPS) is 16.3. The van der Waals surface area contributed by atoms with E-state index in [1.165, 1.54) is 12.8 Å². The molecule has 0 aromatic carbocycles. The highest BCUT2D eigenvalue weighted by Gasteiger charge is 2.29. The van der Waals surface area contributed by atoms with Crippen LogP contribution in [0.1, 0.15) is 57.3 Å². The van der Waals surface area contributed by atoms with Crippen molar-refractivity contribution in [2.24, 2.45) is 5.84 Å². The van der Waals surface area contributed by atoms with Gasteiger partial charge in [-0.15, -0.1) is 0 Å². The molecule has 1 fully saturated rings. The first-order valence-electron chi connectivity index (χ1n) is 7.24. The maximum atomic E-state index is 5.60. The van der Waals surface area contributed by atoms with Crippen LogP contribution in [0, 0.1) is 6.92 Å². The Kier molecular flexibility index (Phi) is 4.24. The summed E-state index contributed by atoms with van der Waals surface area (Å²) in [5, 5.41) is 0. The Labute approximate surface area is 115 Å². The van der Waals surface area contributed by atoms with Crippen molar-refractivity contribution in [2.45, 2.75) is 58.9 Å². The van der Waals surface area contributed by atoms with Gasteiger partial charge in [0.25, 0.3) is 0 Å². The van der Waals surface area contributed by atoms with Crippen molar-refractivity contribution in [3.05, 3.63) is 11.4 Å². The van der Waals surface area contributed by atoms with Crippen LogP contribution >= 0.6 is 0 Å². The third-order valence-corrected chi connectivity index (χ3v) is 3.95. The van der Waals surface area contributed by atoms with Gasteiger partial charge in [-0.25, -0.2) is 15.8 Å². The van der Waals surface area contributed by atoms with Crippen molar-refractivity contribution in [3.63, 3.8) is 0 Å². The van der Waals surface area contributed by atoms with Crippen LogP contribution < -0.4 is 16.2 Å². The number of nitrogens with one attached hydrogen (secondary N) is 1. The second kappa shape index (κ2) is 5.74. The lowest BCUT2D eigenvalue weighted by Crippen LogP contribution is -2.34. The minimum atomic E-state index is 0.469. The van der Waals surface area contributed by atoms with Gasteiger partial charge in [0.2, 0.25) is 0 Å². The summed E-state index contributed by atoms with van der Waals surface area (Å²) < 4.78 is 0. The Morgan fingerprint density at radius 3 is 2.53 bits per heavy atom. The van der Waals surface area contributed by atoms with Crippen molar-refractivity contribution in [1.29, 1.82) is 0 Å². The zero-order chi connectivity index (χ0) is 14.0. The largest absolute Gasteiger partial charge is 0.354 e. The summed E-state index contributed by atoms with van der Waals surface area (Å²) >= 11 is 0. The summed E-state index contributed by atoms with van der Waals surface area (Å²) in [5.41, 5.74) is 3.75. The summed E-state index contributed by atoms with van der Waals surface area (Å²) in [6.45, 7) is 9.58. The average Bonchev–Trinajstić information content (AvgIpc) is 3.25. The van der Waals surface area contributed by atoms with E-state index in [1.54, 1.807) is 0 Å². The molecule has 0 bridgehead atoms. The lowest BCUT2D eigenvalue weighted by atomic mass is 10.2. The van der Waals surface area contributed by atoms with Crippen molar-refractivity contribution in [2.75, 3.05) is 16.9 Å². The molecule has 0 aliphatic heterocycles. The molecule has 0 saturated heterocycles. The Morgan fingerprint density at radius 2 is 2.05 bits per heavy atom. The standard InChI is InChI=1S/C14H25N5/c1-5-9(3)19(6-2)14-10(4)12(18-15)16-13(17-14)11-7-8-11/h9,11H,5-8,15H2,1-4H3,(H,16,17,18). The maximum Gasteiger partial charge on any atom is 0.148 e. The highest BCUT2D eigenvalue weighted by Crippen LogP contribution is 2.40. The maximum absolute atomic E-state index is 5.60. The van der Waals surface area contributed by atoms with Crippen LogP contribution in [-0.2, 0) is 0 Å². The van der Waals surface area contributed by atoms with Gasteiger partial charge in [-0.3, -0.25) is 0 Å². The molecule has 0 spiro atoms. The van der Waals surface area contributed by atoms with Gasteiger partial charge in [-0.05, 0) is 40.0 Å². The Morgan fingerprint density at radius 1 is 1.37 bits per heavy atom. The third-order valence-electron chi connectivity index (χ3n) is 3.95. The van der Waals surface area contributed by atoms with E-state index in [9.17, 15) is 0 Å². The van der Waals surface area contributed by atoms with Gasteiger partial charge in [-0.2, -0.15) is 0 Å². The molecule has 5 nitrogen and oxygen atoms in total. The van der Waals surface area contributed by atoms with E-state index in [2.05, 4.69) is 36.1 Å². The van der Waals surface area contributed by atoms with Crippen molar-refractivity contribution in [1.82, 2.24) is 9.97 Å². The number of hydrogen-bond acceptors (Lipinski definition) is 5. The van der Waals surface area contributed by atoms with Gasteiger partial charge in [-0.1, -0.05) is 6.92 Å². The Bertz CT molecular complexity index is 442. The van der Waals surface area contributed by atoms with Crippen LogP contribution in [0.15, 0.2) is 0 Å². The van der Waals surface area contributed by atoms with Crippen LogP contribution in [0.4, 0.5) is 11.6 Å².